The number of ether oxygens (including phenoxy) is 1. The minimum absolute atomic E-state index is 0.0736. The molecule has 0 unspecified atom stereocenters. The normalized spacial score (nSPS) is 13.7. The van der Waals surface area contributed by atoms with Crippen molar-refractivity contribution in [1.82, 2.24) is 10.3 Å². The van der Waals surface area contributed by atoms with Crippen LogP contribution in [0.5, 0.6) is 0 Å². The summed E-state index contributed by atoms with van der Waals surface area (Å²) in [7, 11) is 0. The third-order valence-corrected chi connectivity index (χ3v) is 4.57. The molecular formula is C21H24N2O4. The Labute approximate surface area is 158 Å². The maximum absolute atomic E-state index is 12.7. The van der Waals surface area contributed by atoms with E-state index in [0.29, 0.717) is 17.7 Å². The predicted molar refractivity (Wildman–Crippen MR) is 101 cm³/mol. The second-order valence-corrected chi connectivity index (χ2v) is 6.41. The van der Waals surface area contributed by atoms with E-state index in [-0.39, 0.29) is 24.0 Å². The van der Waals surface area contributed by atoms with Crippen LogP contribution in [0, 0.1) is 0 Å². The summed E-state index contributed by atoms with van der Waals surface area (Å²) in [6.45, 7) is 2.55. The first-order valence-electron chi connectivity index (χ1n) is 9.36. The maximum atomic E-state index is 12.7. The quantitative estimate of drug-likeness (QED) is 0.587. The zero-order chi connectivity index (χ0) is 19.1. The topological polar surface area (TPSA) is 81.4 Å². The summed E-state index contributed by atoms with van der Waals surface area (Å²) in [6.07, 6.45) is 9.06. The number of oxazole rings is 1. The number of nitrogens with zero attached hydrogens (tertiary/aromatic N) is 1. The molecule has 0 radical (unpaired) electrons. The SMILES string of the molecule is CCOC(=O)c1ncoc1-c1ccccc1C(=O)NCCC1=CCCCC1. The van der Waals surface area contributed by atoms with Gasteiger partial charge in [0.1, 0.15) is 0 Å². The van der Waals surface area contributed by atoms with Crippen LogP contribution in [0.15, 0.2) is 46.7 Å². The lowest BCUT2D eigenvalue weighted by atomic mass is 9.97. The molecule has 1 heterocycles. The van der Waals surface area contributed by atoms with Gasteiger partial charge < -0.3 is 14.5 Å². The fraction of sp³-hybridized carbons (Fsp3) is 0.381. The van der Waals surface area contributed by atoms with Gasteiger partial charge in [-0.1, -0.05) is 29.8 Å². The highest BCUT2D eigenvalue weighted by molar-refractivity contribution is 6.03. The van der Waals surface area contributed by atoms with Crippen molar-refractivity contribution in [2.24, 2.45) is 0 Å². The van der Waals surface area contributed by atoms with Crippen molar-refractivity contribution in [3.63, 3.8) is 0 Å². The summed E-state index contributed by atoms with van der Waals surface area (Å²) in [6, 6.07) is 7.02. The molecule has 0 atom stereocenters. The van der Waals surface area contributed by atoms with Crippen molar-refractivity contribution in [3.8, 4) is 11.3 Å². The van der Waals surface area contributed by atoms with E-state index in [2.05, 4.69) is 16.4 Å². The highest BCUT2D eigenvalue weighted by Crippen LogP contribution is 2.27. The molecule has 1 aromatic carbocycles. The first-order chi connectivity index (χ1) is 13.2. The van der Waals surface area contributed by atoms with Crippen molar-refractivity contribution >= 4 is 11.9 Å². The molecule has 0 spiro atoms. The standard InChI is InChI=1S/C21H24N2O4/c1-2-26-21(25)18-19(27-14-23-18)16-10-6-7-11-17(16)20(24)22-13-12-15-8-4-3-5-9-15/h6-8,10-11,14H,2-5,9,12-13H2,1H3,(H,22,24). The minimum atomic E-state index is -0.569. The number of amides is 1. The van der Waals surface area contributed by atoms with Crippen molar-refractivity contribution in [2.45, 2.75) is 39.0 Å². The van der Waals surface area contributed by atoms with Gasteiger partial charge in [-0.05, 0) is 45.1 Å². The van der Waals surface area contributed by atoms with Gasteiger partial charge in [0.15, 0.2) is 17.8 Å². The van der Waals surface area contributed by atoms with E-state index in [4.69, 9.17) is 9.15 Å². The predicted octanol–water partition coefficient (Wildman–Crippen LogP) is 4.14. The van der Waals surface area contributed by atoms with Gasteiger partial charge in [-0.2, -0.15) is 0 Å². The number of benzene rings is 1. The van der Waals surface area contributed by atoms with Gasteiger partial charge in [0, 0.05) is 12.1 Å². The van der Waals surface area contributed by atoms with Crippen molar-refractivity contribution in [2.75, 3.05) is 13.2 Å². The number of rotatable bonds is 7. The van der Waals surface area contributed by atoms with E-state index in [1.165, 1.54) is 24.8 Å². The Bertz CT molecular complexity index is 838. The molecule has 1 amide bonds. The third kappa shape index (κ3) is 4.64. The first kappa shape index (κ1) is 18.9. The second-order valence-electron chi connectivity index (χ2n) is 6.41. The summed E-state index contributed by atoms with van der Waals surface area (Å²) in [5.74, 6) is -0.525. The Hall–Kier alpha value is -2.89. The van der Waals surface area contributed by atoms with Crippen LogP contribution in [-0.2, 0) is 4.74 Å². The average molecular weight is 368 g/mol. The Morgan fingerprint density at radius 2 is 2.11 bits per heavy atom. The van der Waals surface area contributed by atoms with E-state index >= 15 is 0 Å². The number of aromatic nitrogens is 1. The molecule has 6 nitrogen and oxygen atoms in total. The fourth-order valence-electron chi connectivity index (χ4n) is 3.22. The monoisotopic (exact) mass is 368 g/mol. The lowest BCUT2D eigenvalue weighted by molar-refractivity contribution is 0.0520. The van der Waals surface area contributed by atoms with Gasteiger partial charge in [0.25, 0.3) is 5.91 Å². The number of hydrogen-bond acceptors (Lipinski definition) is 5. The van der Waals surface area contributed by atoms with Crippen LogP contribution in [0.1, 0.15) is 59.9 Å². The summed E-state index contributed by atoms with van der Waals surface area (Å²) >= 11 is 0. The van der Waals surface area contributed by atoms with Crippen LogP contribution in [0.25, 0.3) is 11.3 Å². The molecule has 1 aromatic heterocycles. The van der Waals surface area contributed by atoms with E-state index < -0.39 is 5.97 Å². The van der Waals surface area contributed by atoms with Crippen LogP contribution < -0.4 is 5.32 Å². The summed E-state index contributed by atoms with van der Waals surface area (Å²) in [5, 5.41) is 2.96. The highest BCUT2D eigenvalue weighted by Gasteiger charge is 2.23. The molecule has 1 aliphatic carbocycles. The van der Waals surface area contributed by atoms with Gasteiger partial charge in [-0.15, -0.1) is 0 Å². The molecule has 0 saturated carbocycles. The molecule has 0 aliphatic heterocycles. The Morgan fingerprint density at radius 1 is 1.26 bits per heavy atom. The Kier molecular flexibility index (Phi) is 6.41. The van der Waals surface area contributed by atoms with Crippen LogP contribution >= 0.6 is 0 Å². The van der Waals surface area contributed by atoms with Crippen molar-refractivity contribution in [3.05, 3.63) is 53.6 Å². The zero-order valence-electron chi connectivity index (χ0n) is 15.5. The smallest absolute Gasteiger partial charge is 0.360 e. The maximum Gasteiger partial charge on any atom is 0.360 e. The van der Waals surface area contributed by atoms with Gasteiger partial charge in [0.2, 0.25) is 0 Å². The molecule has 0 saturated heterocycles. The average Bonchev–Trinajstić information content (AvgIpc) is 3.19. The van der Waals surface area contributed by atoms with Crippen LogP contribution in [0.3, 0.4) is 0 Å². The third-order valence-electron chi connectivity index (χ3n) is 4.57. The molecule has 27 heavy (non-hydrogen) atoms. The molecule has 6 heteroatoms. The van der Waals surface area contributed by atoms with E-state index in [1.54, 1.807) is 31.2 Å². The summed E-state index contributed by atoms with van der Waals surface area (Å²) in [4.78, 5) is 28.7. The van der Waals surface area contributed by atoms with E-state index in [0.717, 1.165) is 19.3 Å². The molecule has 1 aliphatic rings. The van der Waals surface area contributed by atoms with Crippen molar-refractivity contribution in [1.29, 1.82) is 0 Å². The fourth-order valence-corrected chi connectivity index (χ4v) is 3.22. The number of carbonyl (C=O) groups excluding carboxylic acids is 2. The van der Waals surface area contributed by atoms with Crippen LogP contribution in [0.2, 0.25) is 0 Å². The van der Waals surface area contributed by atoms with Crippen molar-refractivity contribution < 1.29 is 18.7 Å². The van der Waals surface area contributed by atoms with Gasteiger partial charge in [-0.25, -0.2) is 9.78 Å². The first-order valence-corrected chi connectivity index (χ1v) is 9.36. The number of nitrogens with one attached hydrogen (secondary N) is 1. The Morgan fingerprint density at radius 3 is 2.89 bits per heavy atom. The molecule has 142 valence electrons. The minimum Gasteiger partial charge on any atom is -0.461 e. The number of esters is 1. The highest BCUT2D eigenvalue weighted by atomic mass is 16.5. The largest absolute Gasteiger partial charge is 0.461 e. The zero-order valence-corrected chi connectivity index (χ0v) is 15.5. The molecule has 1 N–H and O–H groups in total. The van der Waals surface area contributed by atoms with E-state index in [9.17, 15) is 9.59 Å². The summed E-state index contributed by atoms with van der Waals surface area (Å²) in [5.41, 5.74) is 2.45. The number of carbonyl (C=O) groups is 2. The second kappa shape index (κ2) is 9.16. The number of allylic oxidation sites excluding steroid dienone is 1. The molecule has 3 rings (SSSR count). The van der Waals surface area contributed by atoms with Gasteiger partial charge in [0.05, 0.1) is 12.2 Å². The molecular weight excluding hydrogens is 344 g/mol. The molecule has 0 fully saturated rings. The van der Waals surface area contributed by atoms with Crippen LogP contribution in [0.4, 0.5) is 0 Å². The molecule has 0 bridgehead atoms. The summed E-state index contributed by atoms with van der Waals surface area (Å²) < 4.78 is 10.4. The van der Waals surface area contributed by atoms with Gasteiger partial charge in [-0.3, -0.25) is 4.79 Å². The molecule has 2 aromatic rings. The van der Waals surface area contributed by atoms with Crippen LogP contribution in [-0.4, -0.2) is 30.0 Å². The lowest BCUT2D eigenvalue weighted by Gasteiger charge is -2.13. The number of hydrogen-bond donors (Lipinski definition) is 1. The Balaban J connectivity index is 1.74. The van der Waals surface area contributed by atoms with Gasteiger partial charge >= 0.3 is 5.97 Å². The lowest BCUT2D eigenvalue weighted by Crippen LogP contribution is -2.25. The van der Waals surface area contributed by atoms with E-state index in [1.807, 2.05) is 0 Å².